The smallest absolute Gasteiger partial charge is 0.215 e. The average Bonchev–Trinajstić information content (AvgIpc) is 3.20. The molecule has 0 amide bonds. The molecule has 3 rings (SSSR count). The second kappa shape index (κ2) is 6.95. The van der Waals surface area contributed by atoms with Gasteiger partial charge in [-0.1, -0.05) is 32.4 Å². The molecule has 0 aliphatic carbocycles. The van der Waals surface area contributed by atoms with Gasteiger partial charge in [-0.3, -0.25) is 4.68 Å². The fraction of sp³-hybridized carbons (Fsp3) is 0.400. The van der Waals surface area contributed by atoms with E-state index < -0.39 is 25.3 Å². The molecule has 156 valence electrons. The van der Waals surface area contributed by atoms with E-state index in [2.05, 4.69) is 10.1 Å². The van der Waals surface area contributed by atoms with Crippen molar-refractivity contribution in [2.24, 2.45) is 7.05 Å². The molecule has 0 saturated carbocycles. The minimum atomic E-state index is -4.15. The van der Waals surface area contributed by atoms with Crippen LogP contribution in [0.1, 0.15) is 46.2 Å². The summed E-state index contributed by atoms with van der Waals surface area (Å²) in [4.78, 5) is 3.94. The zero-order valence-electron chi connectivity index (χ0n) is 17.1. The first kappa shape index (κ1) is 21.5. The molecule has 0 aliphatic rings. The molecule has 3 aromatic rings. The summed E-state index contributed by atoms with van der Waals surface area (Å²) in [5, 5.41) is 4.61. The van der Waals surface area contributed by atoms with Crippen molar-refractivity contribution in [1.29, 1.82) is 0 Å². The second-order valence-corrected chi connectivity index (χ2v) is 11.3. The molecule has 9 heteroatoms. The maximum atomic E-state index is 14.3. The molecule has 0 spiro atoms. The van der Waals surface area contributed by atoms with Gasteiger partial charge in [-0.2, -0.15) is 5.10 Å². The van der Waals surface area contributed by atoms with Gasteiger partial charge >= 0.3 is 0 Å². The fourth-order valence-corrected chi connectivity index (χ4v) is 4.42. The van der Waals surface area contributed by atoms with E-state index in [-0.39, 0.29) is 16.3 Å². The Kier molecular flexibility index (Phi) is 5.16. The van der Waals surface area contributed by atoms with Gasteiger partial charge in [0.1, 0.15) is 27.4 Å². The molecule has 6 nitrogen and oxygen atoms in total. The maximum absolute atomic E-state index is 14.3. The summed E-state index contributed by atoms with van der Waals surface area (Å²) in [5.74, 6) is -0.959. The van der Waals surface area contributed by atoms with Gasteiger partial charge in [-0.05, 0) is 38.1 Å². The van der Waals surface area contributed by atoms with E-state index in [1.165, 1.54) is 26.2 Å². The van der Waals surface area contributed by atoms with Crippen molar-refractivity contribution >= 4 is 21.4 Å². The molecule has 2 aromatic heterocycles. The molecule has 0 unspecified atom stereocenters. The third kappa shape index (κ3) is 3.71. The number of halogens is 2. The Balaban J connectivity index is 2.04. The molecule has 0 N–H and O–H groups in total. The molecule has 0 fully saturated rings. The van der Waals surface area contributed by atoms with Gasteiger partial charge in [0.25, 0.3) is 0 Å². The molecule has 1 aromatic carbocycles. The first-order chi connectivity index (χ1) is 13.2. The van der Waals surface area contributed by atoms with Crippen LogP contribution in [0.5, 0.6) is 0 Å². The van der Waals surface area contributed by atoms with Gasteiger partial charge < -0.3 is 4.42 Å². The van der Waals surface area contributed by atoms with E-state index >= 15 is 0 Å². The first-order valence-corrected chi connectivity index (χ1v) is 10.8. The summed E-state index contributed by atoms with van der Waals surface area (Å²) in [6.07, 6.45) is 1.38. The lowest BCUT2D eigenvalue weighted by Gasteiger charge is -2.21. The number of sulfone groups is 1. The number of hydrogen-bond donors (Lipinski definition) is 0. The van der Waals surface area contributed by atoms with Gasteiger partial charge in [0.05, 0.1) is 11.4 Å². The Morgan fingerprint density at radius 3 is 2.34 bits per heavy atom. The highest BCUT2D eigenvalue weighted by molar-refractivity contribution is 7.92. The van der Waals surface area contributed by atoms with E-state index in [4.69, 9.17) is 16.0 Å². The van der Waals surface area contributed by atoms with E-state index in [9.17, 15) is 12.8 Å². The average molecular weight is 440 g/mol. The number of nitrogens with zero attached hydrogens (tertiary/aromatic N) is 3. The number of oxazole rings is 1. The van der Waals surface area contributed by atoms with Crippen LogP contribution in [0, 0.1) is 5.82 Å². The predicted octanol–water partition coefficient (Wildman–Crippen LogP) is 4.87. The molecular weight excluding hydrogens is 417 g/mol. The molecule has 0 bridgehead atoms. The van der Waals surface area contributed by atoms with Crippen LogP contribution in [0.3, 0.4) is 0 Å². The van der Waals surface area contributed by atoms with E-state index in [0.29, 0.717) is 11.4 Å². The van der Waals surface area contributed by atoms with E-state index in [0.717, 1.165) is 17.8 Å². The molecular formula is C20H23ClFN3O3S. The van der Waals surface area contributed by atoms with Crippen LogP contribution in [-0.4, -0.2) is 23.2 Å². The minimum absolute atomic E-state index is 0.0413. The fourth-order valence-electron chi connectivity index (χ4n) is 2.82. The minimum Gasteiger partial charge on any atom is -0.447 e. The predicted molar refractivity (Wildman–Crippen MR) is 109 cm³/mol. The highest BCUT2D eigenvalue weighted by Crippen LogP contribution is 2.37. The Bertz CT molecular complexity index is 1170. The number of benzene rings is 1. The van der Waals surface area contributed by atoms with Crippen molar-refractivity contribution in [3.8, 4) is 11.4 Å². The zero-order valence-corrected chi connectivity index (χ0v) is 18.7. The Morgan fingerprint density at radius 2 is 1.79 bits per heavy atom. The van der Waals surface area contributed by atoms with Crippen molar-refractivity contribution < 1.29 is 17.2 Å². The van der Waals surface area contributed by atoms with Crippen LogP contribution in [0.2, 0.25) is 5.02 Å². The lowest BCUT2D eigenvalue weighted by atomic mass is 9.92. The number of aromatic nitrogens is 3. The summed E-state index contributed by atoms with van der Waals surface area (Å²) >= 11 is 5.74. The number of aryl methyl sites for hydroxylation is 1. The third-order valence-corrected chi connectivity index (χ3v) is 7.45. The summed E-state index contributed by atoms with van der Waals surface area (Å²) in [6, 6.07) is 5.34. The summed E-state index contributed by atoms with van der Waals surface area (Å²) in [6.45, 7) is 8.99. The molecule has 0 saturated heterocycles. The van der Waals surface area contributed by atoms with Crippen molar-refractivity contribution in [1.82, 2.24) is 14.8 Å². The largest absolute Gasteiger partial charge is 0.447 e. The summed E-state index contributed by atoms with van der Waals surface area (Å²) in [7, 11) is -2.37. The molecule has 0 atom stereocenters. The lowest BCUT2D eigenvalue weighted by Crippen LogP contribution is -2.30. The highest BCUT2D eigenvalue weighted by Gasteiger charge is 2.43. The standard InChI is InChI=1S/C20H23ClFN3O3S/c1-19(2,3)17-10-15(25(6)24-17)14-11-28-18(23-14)20(4,5)29(26,27)16-8-7-12(21)9-13(16)22/h7-11H,1-6H3. The highest BCUT2D eigenvalue weighted by atomic mass is 35.5. The normalized spacial score (nSPS) is 13.1. The summed E-state index contributed by atoms with van der Waals surface area (Å²) < 4.78 is 46.2. The maximum Gasteiger partial charge on any atom is 0.215 e. The Hall–Kier alpha value is -2.19. The SMILES string of the molecule is Cn1nc(C(C)(C)C)cc1-c1coc(C(C)(C)S(=O)(=O)c2ccc(Cl)cc2F)n1. The first-order valence-electron chi connectivity index (χ1n) is 8.96. The van der Waals surface area contributed by atoms with Gasteiger partial charge in [-0.15, -0.1) is 0 Å². The van der Waals surface area contributed by atoms with Gasteiger partial charge in [0.2, 0.25) is 5.89 Å². The van der Waals surface area contributed by atoms with Crippen LogP contribution < -0.4 is 0 Å². The second-order valence-electron chi connectivity index (χ2n) is 8.41. The van der Waals surface area contributed by atoms with Crippen LogP contribution >= 0.6 is 11.6 Å². The number of hydrogen-bond acceptors (Lipinski definition) is 5. The lowest BCUT2D eigenvalue weighted by molar-refractivity contribution is 0.429. The van der Waals surface area contributed by atoms with E-state index in [1.807, 2.05) is 26.8 Å². The van der Waals surface area contributed by atoms with Crippen LogP contribution in [-0.2, 0) is 27.0 Å². The van der Waals surface area contributed by atoms with Crippen molar-refractivity contribution in [3.63, 3.8) is 0 Å². The van der Waals surface area contributed by atoms with Gasteiger partial charge in [0, 0.05) is 17.5 Å². The van der Waals surface area contributed by atoms with Gasteiger partial charge in [-0.25, -0.2) is 17.8 Å². The summed E-state index contributed by atoms with van der Waals surface area (Å²) in [5.41, 5.74) is 1.85. The molecule has 29 heavy (non-hydrogen) atoms. The monoisotopic (exact) mass is 439 g/mol. The Labute approximate surface area is 174 Å². The molecule has 0 aliphatic heterocycles. The van der Waals surface area contributed by atoms with Crippen LogP contribution in [0.25, 0.3) is 11.4 Å². The van der Waals surface area contributed by atoms with Gasteiger partial charge in [0.15, 0.2) is 9.84 Å². The van der Waals surface area contributed by atoms with E-state index in [1.54, 1.807) is 11.7 Å². The van der Waals surface area contributed by atoms with Crippen LogP contribution in [0.15, 0.2) is 39.8 Å². The van der Waals surface area contributed by atoms with Crippen molar-refractivity contribution in [2.45, 2.75) is 49.7 Å². The molecule has 2 heterocycles. The van der Waals surface area contributed by atoms with Crippen molar-refractivity contribution in [2.75, 3.05) is 0 Å². The molecule has 0 radical (unpaired) electrons. The quantitative estimate of drug-likeness (QED) is 0.579. The number of rotatable bonds is 4. The van der Waals surface area contributed by atoms with Crippen LogP contribution in [0.4, 0.5) is 4.39 Å². The third-order valence-electron chi connectivity index (χ3n) is 4.79. The topological polar surface area (TPSA) is 78.0 Å². The zero-order chi connectivity index (χ0) is 21.8. The van der Waals surface area contributed by atoms with Crippen molar-refractivity contribution in [3.05, 3.63) is 53.0 Å². The Morgan fingerprint density at radius 1 is 1.14 bits per heavy atom.